The van der Waals surface area contributed by atoms with Gasteiger partial charge in [-0.3, -0.25) is 0 Å². The standard InChI is InChI=1S/C13H27.C12H17O2S.Sn/c1-4-7-10-13(11-8-5-2)12-9-6-3;1-3-4-5-6-7-11-12-10(8-15-11)13-9(2)14-12;/h4-12H2,1-3H3;9H,3-7H2,1-2H3;. The molecule has 0 saturated carbocycles. The van der Waals surface area contributed by atoms with Crippen molar-refractivity contribution in [1.29, 1.82) is 0 Å². The molecule has 1 aromatic rings. The molecule has 1 unspecified atom stereocenters. The van der Waals surface area contributed by atoms with E-state index in [-0.39, 0.29) is 6.29 Å². The average Bonchev–Trinajstić information content (AvgIpc) is 3.24. The summed E-state index contributed by atoms with van der Waals surface area (Å²) in [5.41, 5.74) is 0. The zero-order chi connectivity index (χ0) is 21.1. The first kappa shape index (κ1) is 25.4. The van der Waals surface area contributed by atoms with Crippen molar-refractivity contribution < 1.29 is 9.47 Å². The summed E-state index contributed by atoms with van der Waals surface area (Å²) < 4.78 is 14.6. The van der Waals surface area contributed by atoms with E-state index in [4.69, 9.17) is 9.47 Å². The summed E-state index contributed by atoms with van der Waals surface area (Å²) in [6, 6.07) is 0. The fourth-order valence-corrected chi connectivity index (χ4v) is 13.1. The maximum atomic E-state index is 6.24. The molecule has 0 saturated heterocycles. The van der Waals surface area contributed by atoms with Crippen molar-refractivity contribution in [3.05, 3.63) is 4.88 Å². The molecular weight excluding hydrogens is 483 g/mol. The van der Waals surface area contributed by atoms with Gasteiger partial charge in [0, 0.05) is 0 Å². The molecule has 1 atom stereocenters. The van der Waals surface area contributed by atoms with Crippen molar-refractivity contribution in [3.8, 4) is 11.5 Å². The van der Waals surface area contributed by atoms with Gasteiger partial charge in [0.1, 0.15) is 0 Å². The van der Waals surface area contributed by atoms with E-state index in [1.807, 2.05) is 0 Å². The van der Waals surface area contributed by atoms with Crippen molar-refractivity contribution in [2.24, 2.45) is 0 Å². The molecule has 0 bridgehead atoms. The summed E-state index contributed by atoms with van der Waals surface area (Å²) in [5, 5.41) is 0. The molecular formula is C25H44O2SSn. The van der Waals surface area contributed by atoms with E-state index in [1.165, 1.54) is 101 Å². The van der Waals surface area contributed by atoms with Crippen LogP contribution in [0.2, 0.25) is 3.43 Å². The Bertz CT molecular complexity index is 562. The Morgan fingerprint density at radius 3 is 1.86 bits per heavy atom. The van der Waals surface area contributed by atoms with Gasteiger partial charge in [-0.05, 0) is 0 Å². The molecule has 0 aromatic carbocycles. The third kappa shape index (κ3) is 7.63. The Labute approximate surface area is 194 Å². The van der Waals surface area contributed by atoms with E-state index >= 15 is 0 Å². The Balaban J connectivity index is 2.23. The van der Waals surface area contributed by atoms with Crippen LogP contribution in [-0.4, -0.2) is 27.4 Å². The molecule has 2 nitrogen and oxygen atoms in total. The molecule has 0 fully saturated rings. The van der Waals surface area contributed by atoms with Gasteiger partial charge in [-0.2, -0.15) is 0 Å². The molecule has 29 heavy (non-hydrogen) atoms. The quantitative estimate of drug-likeness (QED) is 0.160. The fraction of sp³-hybridized carbons (Fsp3) is 0.840. The average molecular weight is 527 g/mol. The van der Waals surface area contributed by atoms with Crippen LogP contribution in [0.5, 0.6) is 11.5 Å². The van der Waals surface area contributed by atoms with Crippen LogP contribution in [-0.2, 0) is 6.42 Å². The molecule has 2 heterocycles. The van der Waals surface area contributed by atoms with Crippen molar-refractivity contribution >= 4 is 35.4 Å². The van der Waals surface area contributed by atoms with Crippen LogP contribution in [0.1, 0.15) is 123 Å². The fourth-order valence-electron chi connectivity index (χ4n) is 4.34. The minimum atomic E-state index is -0.765. The van der Waals surface area contributed by atoms with E-state index in [2.05, 4.69) is 46.0 Å². The second-order valence-corrected chi connectivity index (χ2v) is 16.1. The Morgan fingerprint density at radius 2 is 1.31 bits per heavy atom. The van der Waals surface area contributed by atoms with Gasteiger partial charge in [-0.15, -0.1) is 0 Å². The van der Waals surface area contributed by atoms with Gasteiger partial charge < -0.3 is 0 Å². The molecule has 0 spiro atoms. The first-order valence-electron chi connectivity index (χ1n) is 12.4. The molecule has 0 aliphatic carbocycles. The van der Waals surface area contributed by atoms with Crippen LogP contribution in [0.15, 0.2) is 0 Å². The van der Waals surface area contributed by atoms with Gasteiger partial charge in [-0.1, -0.05) is 0 Å². The zero-order valence-electron chi connectivity index (χ0n) is 19.7. The molecule has 0 amide bonds. The number of unbranched alkanes of at least 4 members (excludes halogenated alkanes) is 6. The Morgan fingerprint density at radius 1 is 0.759 bits per heavy atom. The second-order valence-electron chi connectivity index (χ2n) is 8.84. The van der Waals surface area contributed by atoms with E-state index < -0.39 is 21.1 Å². The molecule has 2 radical (unpaired) electrons. The number of hydrogen-bond donors (Lipinski definition) is 0. The first-order valence-corrected chi connectivity index (χ1v) is 16.0. The molecule has 1 aliphatic heterocycles. The third-order valence-electron chi connectivity index (χ3n) is 6.12. The summed E-state index contributed by atoms with van der Waals surface area (Å²) in [4.78, 5) is 1.48. The van der Waals surface area contributed by atoms with Crippen molar-refractivity contribution in [3.63, 3.8) is 0 Å². The number of fused-ring (bicyclic) bond motifs is 1. The van der Waals surface area contributed by atoms with Crippen LogP contribution in [0.25, 0.3) is 0 Å². The van der Waals surface area contributed by atoms with Gasteiger partial charge in [0.2, 0.25) is 0 Å². The zero-order valence-corrected chi connectivity index (χ0v) is 23.4. The SMILES string of the molecule is CCCCCCc1s[c]([Sn][C](CCCC)(CCCC)CCCC)c2c1OC(C)O2. The third-order valence-corrected chi connectivity index (χ3v) is 13.7. The summed E-state index contributed by atoms with van der Waals surface area (Å²) in [6.07, 6.45) is 18.8. The van der Waals surface area contributed by atoms with Crippen LogP contribution in [0.3, 0.4) is 0 Å². The van der Waals surface area contributed by atoms with Gasteiger partial charge >= 0.3 is 195 Å². The van der Waals surface area contributed by atoms with Crippen molar-refractivity contribution in [2.75, 3.05) is 0 Å². The molecule has 1 aromatic heterocycles. The number of rotatable bonds is 16. The van der Waals surface area contributed by atoms with E-state index in [9.17, 15) is 0 Å². The van der Waals surface area contributed by atoms with Crippen LogP contribution < -0.4 is 12.4 Å². The minimum absolute atomic E-state index is 0.0998. The summed E-state index contributed by atoms with van der Waals surface area (Å²) in [6.45, 7) is 11.4. The predicted molar refractivity (Wildman–Crippen MR) is 130 cm³/mol. The Hall–Kier alpha value is 0.0987. The van der Waals surface area contributed by atoms with E-state index in [0.717, 1.165) is 5.75 Å². The molecule has 0 N–H and O–H groups in total. The number of aryl methyl sites for hydroxylation is 1. The van der Waals surface area contributed by atoms with Crippen LogP contribution in [0.4, 0.5) is 0 Å². The topological polar surface area (TPSA) is 18.5 Å². The second kappa shape index (κ2) is 13.5. The van der Waals surface area contributed by atoms with Crippen molar-refractivity contribution in [2.45, 2.75) is 134 Å². The summed E-state index contributed by atoms with van der Waals surface area (Å²) in [5.74, 6) is 2.30. The summed E-state index contributed by atoms with van der Waals surface area (Å²) >= 11 is 1.31. The van der Waals surface area contributed by atoms with Gasteiger partial charge in [-0.25, -0.2) is 0 Å². The van der Waals surface area contributed by atoms with Crippen LogP contribution in [0, 0.1) is 0 Å². The van der Waals surface area contributed by atoms with Gasteiger partial charge in [0.15, 0.2) is 0 Å². The predicted octanol–water partition coefficient (Wildman–Crippen LogP) is 8.05. The number of ether oxygens (including phenoxy) is 2. The number of hydrogen-bond acceptors (Lipinski definition) is 3. The van der Waals surface area contributed by atoms with Gasteiger partial charge in [0.25, 0.3) is 0 Å². The van der Waals surface area contributed by atoms with E-state index in [0.29, 0.717) is 3.43 Å². The first-order chi connectivity index (χ1) is 14.1. The molecule has 166 valence electrons. The maximum absolute atomic E-state index is 6.24. The number of thiophene rings is 1. The van der Waals surface area contributed by atoms with Crippen LogP contribution >= 0.6 is 11.3 Å². The normalized spacial score (nSPS) is 16.0. The summed E-state index contributed by atoms with van der Waals surface area (Å²) in [7, 11) is 0. The molecule has 1 aliphatic rings. The molecule has 2 rings (SSSR count). The van der Waals surface area contributed by atoms with E-state index in [1.54, 1.807) is 2.89 Å². The van der Waals surface area contributed by atoms with Crippen molar-refractivity contribution in [1.82, 2.24) is 0 Å². The molecule has 4 heteroatoms. The Kier molecular flexibility index (Phi) is 11.8. The monoisotopic (exact) mass is 528 g/mol. The van der Waals surface area contributed by atoms with Gasteiger partial charge in [0.05, 0.1) is 0 Å².